The molecule has 0 aliphatic carbocycles. The lowest BCUT2D eigenvalue weighted by Crippen LogP contribution is -2.28. The van der Waals surface area contributed by atoms with Crippen molar-refractivity contribution in [3.63, 3.8) is 0 Å². The van der Waals surface area contributed by atoms with Crippen LogP contribution in [0.3, 0.4) is 0 Å². The average molecular weight is 230 g/mol. The van der Waals surface area contributed by atoms with Crippen molar-refractivity contribution in [3.05, 3.63) is 29.6 Å². The standard InChI is InChI=1S/C11H13F3N2/c1-11(2,3)10(15)16-8-5-6(12)4-7(13)9(8)14/h4-5H,1-3H3,(H2,15,16). The van der Waals surface area contributed by atoms with E-state index in [9.17, 15) is 13.2 Å². The molecule has 1 aromatic carbocycles. The lowest BCUT2D eigenvalue weighted by atomic mass is 9.95. The van der Waals surface area contributed by atoms with Gasteiger partial charge in [-0.3, -0.25) is 0 Å². The SMILES string of the molecule is CC(C)(C)C(N)=Nc1cc(F)cc(F)c1F. The van der Waals surface area contributed by atoms with E-state index in [2.05, 4.69) is 4.99 Å². The van der Waals surface area contributed by atoms with Gasteiger partial charge in [0.1, 0.15) is 17.3 Å². The second-order valence-corrected chi connectivity index (χ2v) is 4.47. The second kappa shape index (κ2) is 4.15. The Labute approximate surface area is 92.0 Å². The lowest BCUT2D eigenvalue weighted by molar-refractivity contribution is 0.496. The molecule has 0 saturated heterocycles. The first kappa shape index (κ1) is 12.5. The van der Waals surface area contributed by atoms with E-state index < -0.39 is 28.6 Å². The molecule has 1 aromatic rings. The Morgan fingerprint density at radius 1 is 1.19 bits per heavy atom. The van der Waals surface area contributed by atoms with E-state index in [1.165, 1.54) is 0 Å². The molecule has 1 rings (SSSR count). The van der Waals surface area contributed by atoms with E-state index in [-0.39, 0.29) is 5.84 Å². The van der Waals surface area contributed by atoms with Gasteiger partial charge < -0.3 is 5.73 Å². The van der Waals surface area contributed by atoms with Crippen molar-refractivity contribution in [2.24, 2.45) is 16.1 Å². The van der Waals surface area contributed by atoms with Gasteiger partial charge in [0, 0.05) is 17.5 Å². The van der Waals surface area contributed by atoms with Gasteiger partial charge in [-0.1, -0.05) is 20.8 Å². The minimum atomic E-state index is -1.28. The third-order valence-corrected chi connectivity index (χ3v) is 1.98. The second-order valence-electron chi connectivity index (χ2n) is 4.47. The molecule has 0 aromatic heterocycles. The summed E-state index contributed by atoms with van der Waals surface area (Å²) < 4.78 is 38.9. The van der Waals surface area contributed by atoms with E-state index in [0.717, 1.165) is 6.07 Å². The summed E-state index contributed by atoms with van der Waals surface area (Å²) in [5.74, 6) is -3.26. The van der Waals surface area contributed by atoms with Gasteiger partial charge in [-0.15, -0.1) is 0 Å². The quantitative estimate of drug-likeness (QED) is 0.449. The fraction of sp³-hybridized carbons (Fsp3) is 0.364. The highest BCUT2D eigenvalue weighted by Gasteiger charge is 2.17. The number of hydrogen-bond acceptors (Lipinski definition) is 1. The zero-order valence-electron chi connectivity index (χ0n) is 9.31. The molecule has 0 atom stereocenters. The summed E-state index contributed by atoms with van der Waals surface area (Å²) in [7, 11) is 0. The molecule has 0 fully saturated rings. The molecule has 0 saturated carbocycles. The number of halogens is 3. The zero-order valence-corrected chi connectivity index (χ0v) is 9.31. The first-order valence-electron chi connectivity index (χ1n) is 4.71. The Morgan fingerprint density at radius 2 is 1.75 bits per heavy atom. The lowest BCUT2D eigenvalue weighted by Gasteiger charge is -2.17. The van der Waals surface area contributed by atoms with Gasteiger partial charge in [0.25, 0.3) is 0 Å². The van der Waals surface area contributed by atoms with Crippen LogP contribution in [0.2, 0.25) is 0 Å². The smallest absolute Gasteiger partial charge is 0.184 e. The van der Waals surface area contributed by atoms with Gasteiger partial charge in [0.05, 0.1) is 0 Å². The molecular formula is C11H13F3N2. The molecule has 0 radical (unpaired) electrons. The van der Waals surface area contributed by atoms with Crippen molar-refractivity contribution in [3.8, 4) is 0 Å². The van der Waals surface area contributed by atoms with Crippen LogP contribution < -0.4 is 5.73 Å². The van der Waals surface area contributed by atoms with Crippen LogP contribution >= 0.6 is 0 Å². The maximum atomic E-state index is 13.2. The summed E-state index contributed by atoms with van der Waals surface area (Å²) in [5.41, 5.74) is 4.67. The normalized spacial score (nSPS) is 13.0. The van der Waals surface area contributed by atoms with Gasteiger partial charge in [-0.25, -0.2) is 18.2 Å². The van der Waals surface area contributed by atoms with Gasteiger partial charge in [-0.05, 0) is 0 Å². The van der Waals surface area contributed by atoms with Gasteiger partial charge in [-0.2, -0.15) is 0 Å². The minimum Gasteiger partial charge on any atom is -0.387 e. The van der Waals surface area contributed by atoms with Gasteiger partial charge in [0.15, 0.2) is 11.6 Å². The van der Waals surface area contributed by atoms with Crippen LogP contribution in [0.4, 0.5) is 18.9 Å². The topological polar surface area (TPSA) is 38.4 Å². The fourth-order valence-corrected chi connectivity index (χ4v) is 0.921. The Balaban J connectivity index is 3.25. The predicted molar refractivity (Wildman–Crippen MR) is 57.1 cm³/mol. The van der Waals surface area contributed by atoms with Crippen LogP contribution in [0.1, 0.15) is 20.8 Å². The summed E-state index contributed by atoms with van der Waals surface area (Å²) >= 11 is 0. The molecule has 0 spiro atoms. The number of nitrogens with zero attached hydrogens (tertiary/aromatic N) is 1. The third-order valence-electron chi connectivity index (χ3n) is 1.98. The molecule has 0 unspecified atom stereocenters. The van der Waals surface area contributed by atoms with Crippen LogP contribution in [0.25, 0.3) is 0 Å². The first-order chi connectivity index (χ1) is 7.21. The van der Waals surface area contributed by atoms with E-state index in [1.54, 1.807) is 20.8 Å². The average Bonchev–Trinajstić information content (AvgIpc) is 2.11. The maximum Gasteiger partial charge on any atom is 0.184 e. The zero-order chi connectivity index (χ0) is 12.5. The highest BCUT2D eigenvalue weighted by Crippen LogP contribution is 2.24. The number of nitrogens with two attached hydrogens (primary N) is 1. The fourth-order valence-electron chi connectivity index (χ4n) is 0.921. The summed E-state index contributed by atoms with van der Waals surface area (Å²) in [6, 6.07) is 1.26. The van der Waals surface area contributed by atoms with Crippen LogP contribution in [0.15, 0.2) is 17.1 Å². The molecule has 88 valence electrons. The molecule has 0 aliphatic heterocycles. The predicted octanol–water partition coefficient (Wildman–Crippen LogP) is 3.14. The number of rotatable bonds is 1. The van der Waals surface area contributed by atoms with E-state index in [4.69, 9.17) is 5.73 Å². The molecule has 16 heavy (non-hydrogen) atoms. The van der Waals surface area contributed by atoms with Crippen LogP contribution in [-0.4, -0.2) is 5.84 Å². The summed E-state index contributed by atoms with van der Waals surface area (Å²) in [6.07, 6.45) is 0. The molecule has 0 bridgehead atoms. The maximum absolute atomic E-state index is 13.2. The molecular weight excluding hydrogens is 217 g/mol. The molecule has 2 nitrogen and oxygen atoms in total. The third kappa shape index (κ3) is 2.74. The number of hydrogen-bond donors (Lipinski definition) is 1. The summed E-state index contributed by atoms with van der Waals surface area (Å²) in [5, 5.41) is 0. The van der Waals surface area contributed by atoms with E-state index in [0.29, 0.717) is 6.07 Å². The molecule has 0 aliphatic rings. The molecule has 2 N–H and O–H groups in total. The van der Waals surface area contributed by atoms with Crippen LogP contribution in [-0.2, 0) is 0 Å². The van der Waals surface area contributed by atoms with Crippen LogP contribution in [0, 0.1) is 22.9 Å². The Morgan fingerprint density at radius 3 is 2.25 bits per heavy atom. The highest BCUT2D eigenvalue weighted by molar-refractivity contribution is 5.87. The first-order valence-corrected chi connectivity index (χ1v) is 4.71. The molecule has 0 amide bonds. The van der Waals surface area contributed by atoms with Crippen molar-refractivity contribution in [2.45, 2.75) is 20.8 Å². The van der Waals surface area contributed by atoms with Crippen molar-refractivity contribution in [1.82, 2.24) is 0 Å². The Kier molecular flexibility index (Phi) is 3.26. The number of aliphatic imine (C=N–C) groups is 1. The number of benzene rings is 1. The summed E-state index contributed by atoms with van der Waals surface area (Å²) in [4.78, 5) is 3.69. The van der Waals surface area contributed by atoms with Gasteiger partial charge in [0.2, 0.25) is 0 Å². The monoisotopic (exact) mass is 230 g/mol. The van der Waals surface area contributed by atoms with E-state index >= 15 is 0 Å². The van der Waals surface area contributed by atoms with Gasteiger partial charge >= 0.3 is 0 Å². The Bertz CT molecular complexity index is 434. The Hall–Kier alpha value is -1.52. The van der Waals surface area contributed by atoms with E-state index in [1.807, 2.05) is 0 Å². The van der Waals surface area contributed by atoms with Crippen molar-refractivity contribution < 1.29 is 13.2 Å². The summed E-state index contributed by atoms with van der Waals surface area (Å²) in [6.45, 7) is 5.29. The molecule has 5 heteroatoms. The molecule has 0 heterocycles. The van der Waals surface area contributed by atoms with Crippen molar-refractivity contribution in [1.29, 1.82) is 0 Å². The van der Waals surface area contributed by atoms with Crippen LogP contribution in [0.5, 0.6) is 0 Å². The highest BCUT2D eigenvalue weighted by atomic mass is 19.2. The van der Waals surface area contributed by atoms with Crippen molar-refractivity contribution >= 4 is 11.5 Å². The number of amidine groups is 1. The minimum absolute atomic E-state index is 0.108. The van der Waals surface area contributed by atoms with Crippen molar-refractivity contribution in [2.75, 3.05) is 0 Å². The largest absolute Gasteiger partial charge is 0.387 e.